The normalized spacial score (nSPS) is 10.9. The number of nitriles is 4. The first-order chi connectivity index (χ1) is 21.3. The number of rotatable bonds is 2. The summed E-state index contributed by atoms with van der Waals surface area (Å²) in [6, 6.07) is 17.6. The molecule has 3 heterocycles. The Kier molecular flexibility index (Phi) is 7.58. The first kappa shape index (κ1) is 28.4. The van der Waals surface area contributed by atoms with Gasteiger partial charge in [0.05, 0.1) is 25.3 Å². The third kappa shape index (κ3) is 5.54. The SMILES string of the molecule is COC(=O)c1cc2cc(c1)Oc1nc(c(C#N)cc1C#N)Oc1cc(cc(C(=O)OC)c1)Oc1nc(c(C#N)cc1C#N)O2. The van der Waals surface area contributed by atoms with Crippen LogP contribution in [0.4, 0.5) is 0 Å². The molecule has 0 aliphatic carbocycles. The Morgan fingerprint density at radius 3 is 1.02 bits per heavy atom. The predicted octanol–water partition coefficient (Wildman–Crippen LogP) is 5.02. The van der Waals surface area contributed by atoms with E-state index in [1.807, 2.05) is 24.3 Å². The zero-order chi connectivity index (χ0) is 31.4. The molecule has 0 fully saturated rings. The molecule has 0 saturated carbocycles. The molecule has 0 saturated heterocycles. The molecule has 1 aliphatic rings. The summed E-state index contributed by atoms with van der Waals surface area (Å²) >= 11 is 0. The number of ether oxygens (including phenoxy) is 6. The van der Waals surface area contributed by atoms with Crippen LogP contribution in [0.15, 0.2) is 48.5 Å². The van der Waals surface area contributed by atoms with Gasteiger partial charge in [-0.2, -0.15) is 31.0 Å². The number of benzene rings is 2. The molecule has 212 valence electrons. The van der Waals surface area contributed by atoms with E-state index in [4.69, 9.17) is 28.4 Å². The van der Waals surface area contributed by atoms with Crippen molar-refractivity contribution in [3.8, 4) is 70.8 Å². The Morgan fingerprint density at radius 1 is 0.523 bits per heavy atom. The third-order valence-electron chi connectivity index (χ3n) is 5.85. The first-order valence-electron chi connectivity index (χ1n) is 12.2. The van der Waals surface area contributed by atoms with Crippen LogP contribution in [0, 0.1) is 45.3 Å². The molecule has 0 unspecified atom stereocenters. The van der Waals surface area contributed by atoms with Gasteiger partial charge in [0, 0.05) is 12.1 Å². The second kappa shape index (κ2) is 11.8. The van der Waals surface area contributed by atoms with Crippen molar-refractivity contribution in [3.05, 3.63) is 81.9 Å². The van der Waals surface area contributed by atoms with Crippen LogP contribution in [0.2, 0.25) is 0 Å². The maximum absolute atomic E-state index is 12.5. The maximum Gasteiger partial charge on any atom is 0.338 e. The topological polar surface area (TPSA) is 210 Å². The lowest BCUT2D eigenvalue weighted by atomic mass is 10.1. The van der Waals surface area contributed by atoms with Crippen molar-refractivity contribution < 1.29 is 38.0 Å². The fourth-order valence-electron chi connectivity index (χ4n) is 3.89. The van der Waals surface area contributed by atoms with E-state index in [0.29, 0.717) is 0 Å². The Labute approximate surface area is 248 Å². The van der Waals surface area contributed by atoms with Crippen LogP contribution in [-0.2, 0) is 9.47 Å². The van der Waals surface area contributed by atoms with E-state index < -0.39 is 11.9 Å². The lowest BCUT2D eigenvalue weighted by Crippen LogP contribution is -2.05. The molecule has 44 heavy (non-hydrogen) atoms. The number of hydrogen-bond donors (Lipinski definition) is 0. The van der Waals surface area contributed by atoms with E-state index in [2.05, 4.69) is 9.97 Å². The summed E-state index contributed by atoms with van der Waals surface area (Å²) < 4.78 is 33.1. The Balaban J connectivity index is 1.81. The Morgan fingerprint density at radius 2 is 0.795 bits per heavy atom. The quantitative estimate of drug-likeness (QED) is 0.249. The smallest absolute Gasteiger partial charge is 0.338 e. The van der Waals surface area contributed by atoms with E-state index in [1.54, 1.807) is 0 Å². The molecule has 14 nitrogen and oxygen atoms in total. The second-order valence-corrected chi connectivity index (χ2v) is 8.61. The van der Waals surface area contributed by atoms with E-state index in [1.165, 1.54) is 48.5 Å². The van der Waals surface area contributed by atoms with Gasteiger partial charge in [0.15, 0.2) is 0 Å². The minimum atomic E-state index is -0.774. The summed E-state index contributed by atoms with van der Waals surface area (Å²) in [6.45, 7) is 0. The zero-order valence-corrected chi connectivity index (χ0v) is 22.6. The van der Waals surface area contributed by atoms with Gasteiger partial charge in [-0.3, -0.25) is 0 Å². The van der Waals surface area contributed by atoms with Gasteiger partial charge in [0.1, 0.15) is 69.5 Å². The molecule has 1 aliphatic heterocycles. The van der Waals surface area contributed by atoms with Crippen molar-refractivity contribution in [1.82, 2.24) is 9.97 Å². The number of esters is 2. The van der Waals surface area contributed by atoms with Crippen molar-refractivity contribution in [1.29, 1.82) is 21.0 Å². The zero-order valence-electron chi connectivity index (χ0n) is 22.6. The lowest BCUT2D eigenvalue weighted by molar-refractivity contribution is 0.0591. The summed E-state index contributed by atoms with van der Waals surface area (Å²) in [4.78, 5) is 33.3. The van der Waals surface area contributed by atoms with E-state index in [0.717, 1.165) is 14.2 Å². The minimum Gasteiger partial charge on any atom is -0.465 e. The van der Waals surface area contributed by atoms with Crippen LogP contribution in [-0.4, -0.2) is 36.1 Å². The molecule has 0 N–H and O–H groups in total. The molecule has 0 atom stereocenters. The highest BCUT2D eigenvalue weighted by Gasteiger charge is 2.22. The number of pyridine rings is 2. The lowest BCUT2D eigenvalue weighted by Gasteiger charge is -2.16. The molecule has 0 amide bonds. The average molecular weight is 586 g/mol. The van der Waals surface area contributed by atoms with E-state index in [-0.39, 0.29) is 79.9 Å². The van der Waals surface area contributed by atoms with Crippen LogP contribution in [0.3, 0.4) is 0 Å². The van der Waals surface area contributed by atoms with Crippen LogP contribution >= 0.6 is 0 Å². The third-order valence-corrected chi connectivity index (χ3v) is 5.85. The molecule has 8 bridgehead atoms. The molecular formula is C30H14N6O8. The van der Waals surface area contributed by atoms with Crippen molar-refractivity contribution >= 4 is 11.9 Å². The number of fused-ring (bicyclic) bond motifs is 8. The van der Waals surface area contributed by atoms with Gasteiger partial charge in [-0.05, 0) is 36.4 Å². The monoisotopic (exact) mass is 586 g/mol. The Hall–Kier alpha value is -7.16. The molecule has 0 spiro atoms. The summed E-state index contributed by atoms with van der Waals surface area (Å²) in [6.07, 6.45) is 0. The molecule has 0 radical (unpaired) electrons. The number of aromatic nitrogens is 2. The molecule has 5 rings (SSSR count). The molecule has 2 aromatic carbocycles. The number of methoxy groups -OCH3 is 2. The van der Waals surface area contributed by atoms with Crippen LogP contribution < -0.4 is 18.9 Å². The standard InChI is InChI=1S/C30H14N6O8/c1-39-29(37)15-5-21-9-22(6-15)42-26-18(12-32)4-20(14-34)28(36-26)44-24-8-16(30(38)40-2)7-23(10-24)43-27-19(13-33)3-17(11-31)25(35-27)41-21/h3-10H,1-2H3. The van der Waals surface area contributed by atoms with Gasteiger partial charge in [-0.15, -0.1) is 0 Å². The highest BCUT2D eigenvalue weighted by Crippen LogP contribution is 2.38. The van der Waals surface area contributed by atoms with Gasteiger partial charge in [-0.25, -0.2) is 9.59 Å². The summed E-state index contributed by atoms with van der Waals surface area (Å²) in [5.74, 6) is -3.02. The van der Waals surface area contributed by atoms with Crippen molar-refractivity contribution in [2.45, 2.75) is 0 Å². The highest BCUT2D eigenvalue weighted by molar-refractivity contribution is 5.91. The number of hydrogen-bond acceptors (Lipinski definition) is 14. The number of carbonyl (C=O) groups excluding carboxylic acids is 2. The van der Waals surface area contributed by atoms with Gasteiger partial charge in [0.25, 0.3) is 0 Å². The van der Waals surface area contributed by atoms with Gasteiger partial charge >= 0.3 is 11.9 Å². The molecule has 2 aromatic heterocycles. The van der Waals surface area contributed by atoms with Gasteiger partial charge in [0.2, 0.25) is 23.5 Å². The average Bonchev–Trinajstić information content (AvgIpc) is 3.03. The largest absolute Gasteiger partial charge is 0.465 e. The summed E-state index contributed by atoms with van der Waals surface area (Å²) in [7, 11) is 2.32. The van der Waals surface area contributed by atoms with Crippen LogP contribution in [0.5, 0.6) is 46.5 Å². The van der Waals surface area contributed by atoms with Crippen LogP contribution in [0.1, 0.15) is 43.0 Å². The van der Waals surface area contributed by atoms with Crippen LogP contribution in [0.25, 0.3) is 0 Å². The van der Waals surface area contributed by atoms with Crippen molar-refractivity contribution in [2.24, 2.45) is 0 Å². The number of nitrogens with zero attached hydrogens (tertiary/aromatic N) is 6. The highest BCUT2D eigenvalue weighted by atomic mass is 16.5. The van der Waals surface area contributed by atoms with Crippen molar-refractivity contribution in [3.63, 3.8) is 0 Å². The first-order valence-corrected chi connectivity index (χ1v) is 12.2. The minimum absolute atomic E-state index is 0.0429. The van der Waals surface area contributed by atoms with Crippen molar-refractivity contribution in [2.75, 3.05) is 14.2 Å². The molecule has 14 heteroatoms. The second-order valence-electron chi connectivity index (χ2n) is 8.61. The summed E-state index contributed by atoms with van der Waals surface area (Å²) in [5, 5.41) is 39.0. The van der Waals surface area contributed by atoms with E-state index >= 15 is 0 Å². The maximum atomic E-state index is 12.5. The fourth-order valence-corrected chi connectivity index (χ4v) is 3.89. The Bertz CT molecular complexity index is 1790. The molecular weight excluding hydrogens is 572 g/mol. The van der Waals surface area contributed by atoms with Gasteiger partial charge in [-0.1, -0.05) is 0 Å². The van der Waals surface area contributed by atoms with E-state index in [9.17, 15) is 30.6 Å². The predicted molar refractivity (Wildman–Crippen MR) is 143 cm³/mol. The van der Waals surface area contributed by atoms with Gasteiger partial charge < -0.3 is 28.4 Å². The number of carbonyl (C=O) groups is 2. The summed E-state index contributed by atoms with van der Waals surface area (Å²) in [5.41, 5.74) is -0.703. The fraction of sp³-hybridized carbons (Fsp3) is 0.0667. The molecule has 4 aromatic rings.